The molecule has 0 heterocycles. The molecule has 0 aliphatic carbocycles. The Morgan fingerprint density at radius 3 is 2.80 bits per heavy atom. The van der Waals surface area contributed by atoms with Gasteiger partial charge in [0, 0.05) is 5.56 Å². The Bertz CT molecular complexity index is 344. The van der Waals surface area contributed by atoms with Gasteiger partial charge in [0.05, 0.1) is 24.7 Å². The maximum absolute atomic E-state index is 10.9. The zero-order valence-corrected chi connectivity index (χ0v) is 8.86. The van der Waals surface area contributed by atoms with Crippen molar-refractivity contribution in [3.63, 3.8) is 0 Å². The largest absolute Gasteiger partial charge is 0.508 e. The van der Waals surface area contributed by atoms with Gasteiger partial charge >= 0.3 is 5.97 Å². The fourth-order valence-electron chi connectivity index (χ4n) is 1.20. The average molecular weight is 231 g/mol. The van der Waals surface area contributed by atoms with Gasteiger partial charge < -0.3 is 14.9 Å². The quantitative estimate of drug-likeness (QED) is 0.775. The molecule has 0 amide bonds. The number of halogens is 1. The summed E-state index contributed by atoms with van der Waals surface area (Å²) < 4.78 is 4.40. The lowest BCUT2D eigenvalue weighted by atomic mass is 10.1. The van der Waals surface area contributed by atoms with Crippen LogP contribution in [0.4, 0.5) is 0 Å². The molecule has 2 N–H and O–H groups in total. The number of carbonyl (C=O) groups is 1. The minimum absolute atomic E-state index is 0.140. The zero-order valence-electron chi connectivity index (χ0n) is 8.11. The third-order valence-electron chi connectivity index (χ3n) is 1.95. The van der Waals surface area contributed by atoms with Crippen molar-refractivity contribution in [1.82, 2.24) is 0 Å². The molecule has 0 saturated heterocycles. The number of esters is 1. The normalized spacial score (nSPS) is 12.2. The summed E-state index contributed by atoms with van der Waals surface area (Å²) >= 11 is 5.78. The van der Waals surface area contributed by atoms with Crippen LogP contribution in [0.3, 0.4) is 0 Å². The Hall–Kier alpha value is -1.26. The first-order valence-electron chi connectivity index (χ1n) is 4.28. The standard InChI is InChI=1S/C10H11ClO4/c1-15-9(14)5-8(13)10-6(11)3-2-4-7(10)12/h2-4,8,12-13H,5H2,1H3/t8-/m1/s1. The third kappa shape index (κ3) is 2.84. The van der Waals surface area contributed by atoms with Crippen molar-refractivity contribution in [2.75, 3.05) is 7.11 Å². The van der Waals surface area contributed by atoms with E-state index in [9.17, 15) is 15.0 Å². The van der Waals surface area contributed by atoms with Crippen LogP contribution in [0.25, 0.3) is 0 Å². The SMILES string of the molecule is COC(=O)C[C@@H](O)c1c(O)cccc1Cl. The van der Waals surface area contributed by atoms with Crippen molar-refractivity contribution >= 4 is 17.6 Å². The van der Waals surface area contributed by atoms with E-state index in [1.54, 1.807) is 6.07 Å². The van der Waals surface area contributed by atoms with E-state index in [-0.39, 0.29) is 22.8 Å². The minimum Gasteiger partial charge on any atom is -0.508 e. The summed E-state index contributed by atoms with van der Waals surface area (Å²) in [7, 11) is 1.22. The molecule has 82 valence electrons. The molecule has 1 aromatic carbocycles. The maximum atomic E-state index is 10.9. The molecule has 1 aromatic rings. The first-order valence-corrected chi connectivity index (χ1v) is 4.66. The highest BCUT2D eigenvalue weighted by Gasteiger charge is 2.19. The number of hydrogen-bond acceptors (Lipinski definition) is 4. The topological polar surface area (TPSA) is 66.8 Å². The van der Waals surface area contributed by atoms with E-state index >= 15 is 0 Å². The Morgan fingerprint density at radius 1 is 1.60 bits per heavy atom. The summed E-state index contributed by atoms with van der Waals surface area (Å²) in [5.74, 6) is -0.708. The van der Waals surface area contributed by atoms with Crippen LogP contribution in [-0.4, -0.2) is 23.3 Å². The van der Waals surface area contributed by atoms with Gasteiger partial charge in [0.25, 0.3) is 0 Å². The van der Waals surface area contributed by atoms with Crippen molar-refractivity contribution < 1.29 is 19.7 Å². The van der Waals surface area contributed by atoms with E-state index in [1.807, 2.05) is 0 Å². The van der Waals surface area contributed by atoms with Gasteiger partial charge in [-0.05, 0) is 12.1 Å². The summed E-state index contributed by atoms with van der Waals surface area (Å²) in [6, 6.07) is 4.46. The van der Waals surface area contributed by atoms with Crippen molar-refractivity contribution in [2.24, 2.45) is 0 Å². The fraction of sp³-hybridized carbons (Fsp3) is 0.300. The van der Waals surface area contributed by atoms with Gasteiger partial charge in [0.2, 0.25) is 0 Å². The van der Waals surface area contributed by atoms with Crippen molar-refractivity contribution in [3.8, 4) is 5.75 Å². The summed E-state index contributed by atoms with van der Waals surface area (Å²) in [5, 5.41) is 19.3. The van der Waals surface area contributed by atoms with Crippen molar-refractivity contribution in [2.45, 2.75) is 12.5 Å². The molecule has 4 nitrogen and oxygen atoms in total. The number of rotatable bonds is 3. The highest BCUT2D eigenvalue weighted by molar-refractivity contribution is 6.31. The van der Waals surface area contributed by atoms with Crippen LogP contribution in [0.1, 0.15) is 18.1 Å². The summed E-state index contributed by atoms with van der Waals surface area (Å²) in [5.41, 5.74) is 0.143. The van der Waals surface area contributed by atoms with E-state index in [0.29, 0.717) is 0 Å². The predicted molar refractivity (Wildman–Crippen MR) is 54.7 cm³/mol. The summed E-state index contributed by atoms with van der Waals surface area (Å²) in [6.45, 7) is 0. The molecule has 0 fully saturated rings. The van der Waals surface area contributed by atoms with Gasteiger partial charge in [-0.15, -0.1) is 0 Å². The van der Waals surface area contributed by atoms with Crippen LogP contribution in [0, 0.1) is 0 Å². The minimum atomic E-state index is -1.16. The van der Waals surface area contributed by atoms with Gasteiger partial charge in [0.1, 0.15) is 5.75 Å². The van der Waals surface area contributed by atoms with Crippen LogP contribution in [0.15, 0.2) is 18.2 Å². The number of aliphatic hydroxyl groups is 1. The van der Waals surface area contributed by atoms with E-state index in [2.05, 4.69) is 4.74 Å². The number of ether oxygens (including phenoxy) is 1. The molecule has 1 rings (SSSR count). The molecule has 0 bridgehead atoms. The second kappa shape index (κ2) is 5.00. The van der Waals surface area contributed by atoms with E-state index in [1.165, 1.54) is 19.2 Å². The van der Waals surface area contributed by atoms with Crippen molar-refractivity contribution in [1.29, 1.82) is 0 Å². The second-order valence-corrected chi connectivity index (χ2v) is 3.38. The summed E-state index contributed by atoms with van der Waals surface area (Å²) in [4.78, 5) is 10.9. The number of benzene rings is 1. The van der Waals surface area contributed by atoms with Gasteiger partial charge in [-0.3, -0.25) is 4.79 Å². The Morgan fingerprint density at radius 2 is 2.27 bits per heavy atom. The van der Waals surface area contributed by atoms with E-state index in [0.717, 1.165) is 0 Å². The zero-order chi connectivity index (χ0) is 11.4. The number of phenolic OH excluding ortho intramolecular Hbond substituents is 1. The van der Waals surface area contributed by atoms with Crippen LogP contribution >= 0.6 is 11.6 Å². The maximum Gasteiger partial charge on any atom is 0.308 e. The van der Waals surface area contributed by atoms with Crippen LogP contribution in [0.5, 0.6) is 5.75 Å². The van der Waals surface area contributed by atoms with Gasteiger partial charge in [-0.1, -0.05) is 17.7 Å². The molecule has 1 atom stereocenters. The molecule has 15 heavy (non-hydrogen) atoms. The molecule has 0 spiro atoms. The Kier molecular flexibility index (Phi) is 3.94. The number of carbonyl (C=O) groups excluding carboxylic acids is 1. The Balaban J connectivity index is 2.90. The van der Waals surface area contributed by atoms with Gasteiger partial charge in [-0.2, -0.15) is 0 Å². The molecule has 0 radical (unpaired) electrons. The smallest absolute Gasteiger partial charge is 0.308 e. The molecule has 0 aromatic heterocycles. The Labute approximate surface area is 92.1 Å². The average Bonchev–Trinajstić information content (AvgIpc) is 2.17. The molecule has 0 aliphatic rings. The van der Waals surface area contributed by atoms with Crippen molar-refractivity contribution in [3.05, 3.63) is 28.8 Å². The number of phenols is 1. The van der Waals surface area contributed by atoms with E-state index < -0.39 is 12.1 Å². The van der Waals surface area contributed by atoms with Crippen LogP contribution in [0.2, 0.25) is 5.02 Å². The third-order valence-corrected chi connectivity index (χ3v) is 2.28. The predicted octanol–water partition coefficient (Wildman–Crippen LogP) is 1.64. The lowest BCUT2D eigenvalue weighted by Crippen LogP contribution is -2.08. The number of methoxy groups -OCH3 is 1. The highest BCUT2D eigenvalue weighted by Crippen LogP contribution is 2.32. The lowest BCUT2D eigenvalue weighted by molar-refractivity contribution is -0.142. The monoisotopic (exact) mass is 230 g/mol. The molecule has 0 aliphatic heterocycles. The molecule has 5 heteroatoms. The van der Waals surface area contributed by atoms with Gasteiger partial charge in [0.15, 0.2) is 0 Å². The molecule has 0 saturated carbocycles. The molecular formula is C10H11ClO4. The fourth-order valence-corrected chi connectivity index (χ4v) is 1.49. The van der Waals surface area contributed by atoms with Gasteiger partial charge in [-0.25, -0.2) is 0 Å². The van der Waals surface area contributed by atoms with Crippen LogP contribution in [-0.2, 0) is 9.53 Å². The lowest BCUT2D eigenvalue weighted by Gasteiger charge is -2.12. The highest BCUT2D eigenvalue weighted by atomic mass is 35.5. The first kappa shape index (κ1) is 11.8. The number of hydrogen-bond donors (Lipinski definition) is 2. The second-order valence-electron chi connectivity index (χ2n) is 2.97. The van der Waals surface area contributed by atoms with E-state index in [4.69, 9.17) is 11.6 Å². The first-order chi connectivity index (χ1) is 7.06. The van der Waals surface area contributed by atoms with Crippen LogP contribution < -0.4 is 0 Å². The molecule has 0 unspecified atom stereocenters. The summed E-state index contributed by atoms with van der Waals surface area (Å²) in [6.07, 6.45) is -1.40. The number of aliphatic hydroxyl groups excluding tert-OH is 1. The molecular weight excluding hydrogens is 220 g/mol. The number of aromatic hydroxyl groups is 1.